The van der Waals surface area contributed by atoms with Crippen LogP contribution in [0.3, 0.4) is 0 Å². The monoisotopic (exact) mass is 400 g/mol. The molecule has 0 heterocycles. The van der Waals surface area contributed by atoms with E-state index in [0.29, 0.717) is 17.1 Å². The van der Waals surface area contributed by atoms with Gasteiger partial charge in [-0.05, 0) is 66.7 Å². The average molecular weight is 400 g/mol. The predicted octanol–water partition coefficient (Wildman–Crippen LogP) is 3.89. The minimum absolute atomic E-state index is 0.0343. The molecule has 0 saturated carbocycles. The number of carbonyl (C=O) groups excluding carboxylic acids is 1. The Balaban J connectivity index is 1.71. The van der Waals surface area contributed by atoms with Crippen LogP contribution in [-0.4, -0.2) is 21.4 Å². The molecule has 0 aliphatic heterocycles. The highest BCUT2D eigenvalue weighted by atomic mass is 32.2. The fourth-order valence-electron chi connectivity index (χ4n) is 2.42. The lowest BCUT2D eigenvalue weighted by molar-refractivity contribution is 0.102. The molecule has 0 aromatic heterocycles. The maximum Gasteiger partial charge on any atom is 0.261 e. The molecule has 0 unspecified atom stereocenters. The van der Waals surface area contributed by atoms with Gasteiger partial charge in [-0.15, -0.1) is 0 Å². The van der Waals surface area contributed by atoms with E-state index in [0.717, 1.165) is 6.07 Å². The van der Waals surface area contributed by atoms with Gasteiger partial charge in [-0.2, -0.15) is 0 Å². The highest BCUT2D eigenvalue weighted by Crippen LogP contribution is 2.21. The molecule has 0 radical (unpaired) electrons. The zero-order valence-corrected chi connectivity index (χ0v) is 15.7. The summed E-state index contributed by atoms with van der Waals surface area (Å²) < 4.78 is 45.7. The summed E-state index contributed by atoms with van der Waals surface area (Å²) in [5, 5.41) is 2.59. The first kappa shape index (κ1) is 19.4. The number of halogens is 1. The summed E-state index contributed by atoms with van der Waals surface area (Å²) in [6, 6.07) is 17.4. The molecule has 3 aromatic rings. The Morgan fingerprint density at radius 3 is 2.18 bits per heavy atom. The van der Waals surface area contributed by atoms with Crippen molar-refractivity contribution in [3.05, 3.63) is 84.2 Å². The molecule has 0 saturated heterocycles. The SMILES string of the molecule is COc1ccc(NS(=O)(=O)c2ccc(NC(=O)c3cccc(F)c3)cc2)cc1. The molecule has 3 aromatic carbocycles. The molecule has 2 N–H and O–H groups in total. The van der Waals surface area contributed by atoms with Crippen LogP contribution in [0.25, 0.3) is 0 Å². The molecular formula is C20H17FN2O4S. The number of amides is 1. The predicted molar refractivity (Wildman–Crippen MR) is 105 cm³/mol. The van der Waals surface area contributed by atoms with E-state index in [4.69, 9.17) is 4.74 Å². The molecule has 0 spiro atoms. The lowest BCUT2D eigenvalue weighted by Gasteiger charge is -2.10. The van der Waals surface area contributed by atoms with Crippen LogP contribution in [0.5, 0.6) is 5.75 Å². The van der Waals surface area contributed by atoms with E-state index < -0.39 is 21.7 Å². The molecule has 0 fully saturated rings. The highest BCUT2D eigenvalue weighted by molar-refractivity contribution is 7.92. The average Bonchev–Trinajstić information content (AvgIpc) is 2.69. The number of nitrogens with one attached hydrogen (secondary N) is 2. The molecule has 1 amide bonds. The van der Waals surface area contributed by atoms with E-state index in [2.05, 4.69) is 10.0 Å². The Kier molecular flexibility index (Phi) is 5.60. The van der Waals surface area contributed by atoms with Gasteiger partial charge < -0.3 is 10.1 Å². The molecule has 8 heteroatoms. The van der Waals surface area contributed by atoms with Crippen molar-refractivity contribution in [3.8, 4) is 5.75 Å². The Hall–Kier alpha value is -3.39. The zero-order chi connectivity index (χ0) is 20.1. The third-order valence-corrected chi connectivity index (χ3v) is 5.25. The summed E-state index contributed by atoms with van der Waals surface area (Å²) in [4.78, 5) is 12.2. The van der Waals surface area contributed by atoms with Gasteiger partial charge in [0.05, 0.1) is 12.0 Å². The molecule has 6 nitrogen and oxygen atoms in total. The van der Waals surface area contributed by atoms with E-state index in [1.165, 1.54) is 49.6 Å². The van der Waals surface area contributed by atoms with Gasteiger partial charge in [0.1, 0.15) is 11.6 Å². The van der Waals surface area contributed by atoms with Gasteiger partial charge in [0.25, 0.3) is 15.9 Å². The van der Waals surface area contributed by atoms with Crippen molar-refractivity contribution >= 4 is 27.3 Å². The lowest BCUT2D eigenvalue weighted by atomic mass is 10.2. The topological polar surface area (TPSA) is 84.5 Å². The molecule has 0 aliphatic rings. The first-order valence-corrected chi connectivity index (χ1v) is 9.69. The van der Waals surface area contributed by atoms with Crippen LogP contribution < -0.4 is 14.8 Å². The minimum atomic E-state index is -3.79. The van der Waals surface area contributed by atoms with Crippen molar-refractivity contribution in [2.24, 2.45) is 0 Å². The Labute approximate surface area is 162 Å². The van der Waals surface area contributed by atoms with E-state index in [-0.39, 0.29) is 10.5 Å². The van der Waals surface area contributed by atoms with Crippen LogP contribution in [0.1, 0.15) is 10.4 Å². The summed E-state index contributed by atoms with van der Waals surface area (Å²) >= 11 is 0. The third kappa shape index (κ3) is 4.66. The smallest absolute Gasteiger partial charge is 0.261 e. The number of anilines is 2. The number of ether oxygens (including phenoxy) is 1. The Morgan fingerprint density at radius 1 is 0.929 bits per heavy atom. The van der Waals surface area contributed by atoms with E-state index in [1.54, 1.807) is 24.3 Å². The van der Waals surface area contributed by atoms with Crippen LogP contribution in [0.2, 0.25) is 0 Å². The standard InChI is InChI=1S/C20H17FN2O4S/c1-27-18-9-5-17(6-10-18)23-28(25,26)19-11-7-16(8-12-19)22-20(24)14-3-2-4-15(21)13-14/h2-13,23H,1H3,(H,22,24). The number of sulfonamides is 1. The summed E-state index contributed by atoms with van der Waals surface area (Å²) in [6.45, 7) is 0. The Morgan fingerprint density at radius 2 is 1.57 bits per heavy atom. The number of rotatable bonds is 6. The van der Waals surface area contributed by atoms with Crippen LogP contribution in [0.4, 0.5) is 15.8 Å². The summed E-state index contributed by atoms with van der Waals surface area (Å²) in [7, 11) is -2.27. The van der Waals surface area contributed by atoms with E-state index >= 15 is 0 Å². The maximum atomic E-state index is 13.2. The summed E-state index contributed by atoms with van der Waals surface area (Å²) in [5.74, 6) is -0.397. The van der Waals surface area contributed by atoms with Gasteiger partial charge >= 0.3 is 0 Å². The van der Waals surface area contributed by atoms with Gasteiger partial charge in [0, 0.05) is 16.9 Å². The Bertz CT molecular complexity index is 1080. The molecule has 3 rings (SSSR count). The summed E-state index contributed by atoms with van der Waals surface area (Å²) in [5.41, 5.74) is 0.944. The van der Waals surface area contributed by atoms with Crippen LogP contribution in [0.15, 0.2) is 77.7 Å². The first-order valence-electron chi connectivity index (χ1n) is 8.21. The van der Waals surface area contributed by atoms with Crippen LogP contribution >= 0.6 is 0 Å². The second-order valence-electron chi connectivity index (χ2n) is 5.82. The minimum Gasteiger partial charge on any atom is -0.497 e. The lowest BCUT2D eigenvalue weighted by Crippen LogP contribution is -2.14. The fourth-order valence-corrected chi connectivity index (χ4v) is 3.48. The molecule has 28 heavy (non-hydrogen) atoms. The number of carbonyl (C=O) groups is 1. The second-order valence-corrected chi connectivity index (χ2v) is 7.51. The van der Waals surface area contributed by atoms with Crippen molar-refractivity contribution in [2.45, 2.75) is 4.90 Å². The van der Waals surface area contributed by atoms with Gasteiger partial charge in [0.15, 0.2) is 0 Å². The number of hydrogen-bond acceptors (Lipinski definition) is 4. The molecular weight excluding hydrogens is 383 g/mol. The normalized spacial score (nSPS) is 10.9. The molecule has 0 bridgehead atoms. The van der Waals surface area contributed by atoms with Crippen molar-refractivity contribution in [3.63, 3.8) is 0 Å². The number of hydrogen-bond donors (Lipinski definition) is 2. The molecule has 144 valence electrons. The largest absolute Gasteiger partial charge is 0.497 e. The van der Waals surface area contributed by atoms with Crippen molar-refractivity contribution in [1.82, 2.24) is 0 Å². The number of methoxy groups -OCH3 is 1. The highest BCUT2D eigenvalue weighted by Gasteiger charge is 2.15. The maximum absolute atomic E-state index is 13.2. The van der Waals surface area contributed by atoms with Crippen molar-refractivity contribution in [2.75, 3.05) is 17.1 Å². The van der Waals surface area contributed by atoms with Gasteiger partial charge in [-0.3, -0.25) is 9.52 Å². The quantitative estimate of drug-likeness (QED) is 0.658. The van der Waals surface area contributed by atoms with Crippen molar-refractivity contribution < 1.29 is 22.3 Å². The van der Waals surface area contributed by atoms with Crippen molar-refractivity contribution in [1.29, 1.82) is 0 Å². The molecule has 0 aliphatic carbocycles. The number of benzene rings is 3. The first-order chi connectivity index (χ1) is 13.4. The van der Waals surface area contributed by atoms with Gasteiger partial charge in [-0.1, -0.05) is 6.07 Å². The van der Waals surface area contributed by atoms with Gasteiger partial charge in [-0.25, -0.2) is 12.8 Å². The molecule has 0 atom stereocenters. The van der Waals surface area contributed by atoms with Crippen LogP contribution in [-0.2, 0) is 10.0 Å². The van der Waals surface area contributed by atoms with Gasteiger partial charge in [0.2, 0.25) is 0 Å². The van der Waals surface area contributed by atoms with Crippen LogP contribution in [0, 0.1) is 5.82 Å². The fraction of sp³-hybridized carbons (Fsp3) is 0.0500. The zero-order valence-electron chi connectivity index (χ0n) is 14.8. The third-order valence-electron chi connectivity index (χ3n) is 3.85. The second kappa shape index (κ2) is 8.10. The van der Waals surface area contributed by atoms with E-state index in [1.807, 2.05) is 0 Å². The summed E-state index contributed by atoms with van der Waals surface area (Å²) in [6.07, 6.45) is 0. The van der Waals surface area contributed by atoms with E-state index in [9.17, 15) is 17.6 Å².